The topological polar surface area (TPSA) is 66.8 Å². The summed E-state index contributed by atoms with van der Waals surface area (Å²) in [4.78, 5) is 25.5. The lowest BCUT2D eigenvalue weighted by molar-refractivity contribution is -0.149. The number of halogens is 1. The monoisotopic (exact) mass is 295 g/mol. The molecule has 0 saturated carbocycles. The minimum absolute atomic E-state index is 0.0997. The Balaban J connectivity index is 2.10. The number of carbonyl (C=O) groups is 2. The van der Waals surface area contributed by atoms with Crippen LogP contribution in [-0.4, -0.2) is 41.6 Å². The number of rotatable bonds is 3. The van der Waals surface area contributed by atoms with E-state index in [-0.39, 0.29) is 29.7 Å². The van der Waals surface area contributed by atoms with E-state index < -0.39 is 11.7 Å². The highest BCUT2D eigenvalue weighted by molar-refractivity contribution is 5.95. The average molecular weight is 295 g/mol. The van der Waals surface area contributed by atoms with E-state index in [2.05, 4.69) is 0 Å². The quantitative estimate of drug-likeness (QED) is 0.865. The number of carbonyl (C=O) groups excluding carboxylic acids is 2. The average Bonchev–Trinajstić information content (AvgIpc) is 2.47. The summed E-state index contributed by atoms with van der Waals surface area (Å²) in [6.07, 6.45) is 1.34. The number of phenolic OH excluding ortho intramolecular Hbond substituents is 1. The van der Waals surface area contributed by atoms with Gasteiger partial charge in [0.15, 0.2) is 0 Å². The van der Waals surface area contributed by atoms with Crippen LogP contribution in [0.1, 0.15) is 30.1 Å². The third-order valence-corrected chi connectivity index (χ3v) is 3.51. The van der Waals surface area contributed by atoms with Crippen molar-refractivity contribution in [2.75, 3.05) is 19.7 Å². The highest BCUT2D eigenvalue weighted by Gasteiger charge is 2.30. The Morgan fingerprint density at radius 1 is 1.48 bits per heavy atom. The van der Waals surface area contributed by atoms with Gasteiger partial charge in [-0.2, -0.15) is 0 Å². The van der Waals surface area contributed by atoms with Crippen LogP contribution in [0.25, 0.3) is 0 Å². The number of ether oxygens (including phenoxy) is 1. The maximum atomic E-state index is 13.7. The fraction of sp³-hybridized carbons (Fsp3) is 0.467. The Morgan fingerprint density at radius 2 is 2.24 bits per heavy atom. The van der Waals surface area contributed by atoms with Gasteiger partial charge in [-0.15, -0.1) is 0 Å². The Hall–Kier alpha value is -2.11. The first-order valence-corrected chi connectivity index (χ1v) is 6.97. The van der Waals surface area contributed by atoms with Crippen molar-refractivity contribution in [3.05, 3.63) is 29.6 Å². The van der Waals surface area contributed by atoms with E-state index in [0.29, 0.717) is 26.0 Å². The predicted molar refractivity (Wildman–Crippen MR) is 73.3 cm³/mol. The van der Waals surface area contributed by atoms with Crippen molar-refractivity contribution in [2.45, 2.75) is 19.8 Å². The van der Waals surface area contributed by atoms with Crippen molar-refractivity contribution in [1.29, 1.82) is 0 Å². The summed E-state index contributed by atoms with van der Waals surface area (Å²) in [6.45, 7) is 2.75. The van der Waals surface area contributed by atoms with Crippen LogP contribution in [0.15, 0.2) is 18.2 Å². The Bertz CT molecular complexity index is 546. The van der Waals surface area contributed by atoms with Crippen LogP contribution in [0.5, 0.6) is 5.75 Å². The summed E-state index contributed by atoms with van der Waals surface area (Å²) in [6, 6.07) is 3.42. The lowest BCUT2D eigenvalue weighted by Crippen LogP contribution is -2.43. The summed E-state index contributed by atoms with van der Waals surface area (Å²) in [7, 11) is 0. The first kappa shape index (κ1) is 15.3. The van der Waals surface area contributed by atoms with Crippen molar-refractivity contribution in [1.82, 2.24) is 4.90 Å². The molecule has 21 heavy (non-hydrogen) atoms. The molecule has 2 rings (SSSR count). The lowest BCUT2D eigenvalue weighted by atomic mass is 9.97. The molecule has 1 aliphatic rings. The van der Waals surface area contributed by atoms with E-state index >= 15 is 0 Å². The second-order valence-electron chi connectivity index (χ2n) is 5.01. The van der Waals surface area contributed by atoms with E-state index in [0.717, 1.165) is 6.07 Å². The van der Waals surface area contributed by atoms with E-state index in [9.17, 15) is 19.1 Å². The number of phenols is 1. The third kappa shape index (κ3) is 3.51. The number of hydrogen-bond donors (Lipinski definition) is 1. The van der Waals surface area contributed by atoms with Gasteiger partial charge in [0, 0.05) is 19.2 Å². The zero-order chi connectivity index (χ0) is 15.4. The zero-order valence-electron chi connectivity index (χ0n) is 11.8. The molecule has 1 saturated heterocycles. The van der Waals surface area contributed by atoms with Crippen LogP contribution in [0.4, 0.5) is 4.39 Å². The Labute approximate surface area is 122 Å². The van der Waals surface area contributed by atoms with Gasteiger partial charge in [0.25, 0.3) is 5.91 Å². The van der Waals surface area contributed by atoms with Crippen molar-refractivity contribution in [2.24, 2.45) is 5.92 Å². The van der Waals surface area contributed by atoms with Crippen LogP contribution < -0.4 is 0 Å². The number of aromatic hydroxyl groups is 1. The maximum Gasteiger partial charge on any atom is 0.310 e. The third-order valence-electron chi connectivity index (χ3n) is 3.51. The minimum Gasteiger partial charge on any atom is -0.508 e. The maximum absolute atomic E-state index is 13.7. The molecule has 114 valence electrons. The second kappa shape index (κ2) is 6.56. The zero-order valence-corrected chi connectivity index (χ0v) is 11.8. The van der Waals surface area contributed by atoms with Crippen molar-refractivity contribution < 1.29 is 23.8 Å². The SMILES string of the molecule is CCOC(=O)C1CCCN(C(=O)c2ccc(O)cc2F)C1. The standard InChI is InChI=1S/C15H18FNO4/c1-2-21-15(20)10-4-3-7-17(9-10)14(19)12-6-5-11(18)8-13(12)16/h5-6,8,10,18H,2-4,7,9H2,1H3. The fourth-order valence-corrected chi connectivity index (χ4v) is 2.46. The van der Waals surface area contributed by atoms with E-state index in [4.69, 9.17) is 4.74 Å². The molecule has 0 aromatic heterocycles. The molecular formula is C15H18FNO4. The first-order chi connectivity index (χ1) is 10.0. The molecule has 1 heterocycles. The lowest BCUT2D eigenvalue weighted by Gasteiger charge is -2.31. The molecule has 1 atom stereocenters. The second-order valence-corrected chi connectivity index (χ2v) is 5.01. The molecule has 1 unspecified atom stereocenters. The summed E-state index contributed by atoms with van der Waals surface area (Å²) in [5, 5.41) is 9.18. The molecule has 1 aromatic carbocycles. The van der Waals surface area contributed by atoms with E-state index in [1.165, 1.54) is 17.0 Å². The molecule has 1 aromatic rings. The smallest absolute Gasteiger partial charge is 0.310 e. The van der Waals surface area contributed by atoms with Crippen LogP contribution in [0.3, 0.4) is 0 Å². The van der Waals surface area contributed by atoms with E-state index in [1.807, 2.05) is 0 Å². The van der Waals surface area contributed by atoms with Gasteiger partial charge in [-0.3, -0.25) is 9.59 Å². The highest BCUT2D eigenvalue weighted by atomic mass is 19.1. The summed E-state index contributed by atoms with van der Waals surface area (Å²) in [5.41, 5.74) is -0.0997. The number of esters is 1. The summed E-state index contributed by atoms with van der Waals surface area (Å²) in [5.74, 6) is -2.14. The molecule has 1 fully saturated rings. The number of amides is 1. The van der Waals surface area contributed by atoms with Crippen LogP contribution in [0, 0.1) is 11.7 Å². The Kier molecular flexibility index (Phi) is 4.77. The molecule has 0 aliphatic carbocycles. The number of piperidine rings is 1. The van der Waals surface area contributed by atoms with Crippen molar-refractivity contribution in [3.63, 3.8) is 0 Å². The van der Waals surface area contributed by atoms with Crippen LogP contribution in [0.2, 0.25) is 0 Å². The van der Waals surface area contributed by atoms with Gasteiger partial charge >= 0.3 is 5.97 Å². The summed E-state index contributed by atoms with van der Waals surface area (Å²) < 4.78 is 18.7. The van der Waals surface area contributed by atoms with Crippen molar-refractivity contribution in [3.8, 4) is 5.75 Å². The minimum atomic E-state index is -0.766. The molecule has 5 nitrogen and oxygen atoms in total. The van der Waals surface area contributed by atoms with Gasteiger partial charge in [0.1, 0.15) is 11.6 Å². The first-order valence-electron chi connectivity index (χ1n) is 6.97. The van der Waals surface area contributed by atoms with Gasteiger partial charge in [-0.1, -0.05) is 0 Å². The molecule has 0 spiro atoms. The largest absolute Gasteiger partial charge is 0.508 e. The summed E-state index contributed by atoms with van der Waals surface area (Å²) >= 11 is 0. The number of likely N-dealkylation sites (tertiary alicyclic amines) is 1. The van der Waals surface area contributed by atoms with Crippen LogP contribution in [-0.2, 0) is 9.53 Å². The Morgan fingerprint density at radius 3 is 2.90 bits per heavy atom. The molecular weight excluding hydrogens is 277 g/mol. The highest BCUT2D eigenvalue weighted by Crippen LogP contribution is 2.22. The van der Waals surface area contributed by atoms with Gasteiger partial charge in [0.05, 0.1) is 18.1 Å². The van der Waals surface area contributed by atoms with Gasteiger partial charge in [-0.05, 0) is 31.9 Å². The predicted octanol–water partition coefficient (Wildman–Crippen LogP) is 1.95. The molecule has 1 amide bonds. The molecule has 0 bridgehead atoms. The normalized spacial score (nSPS) is 18.4. The van der Waals surface area contributed by atoms with Crippen LogP contribution >= 0.6 is 0 Å². The number of hydrogen-bond acceptors (Lipinski definition) is 4. The molecule has 6 heteroatoms. The fourth-order valence-electron chi connectivity index (χ4n) is 2.46. The van der Waals surface area contributed by atoms with Gasteiger partial charge in [-0.25, -0.2) is 4.39 Å². The van der Waals surface area contributed by atoms with Gasteiger partial charge in [0.2, 0.25) is 0 Å². The number of nitrogens with zero attached hydrogens (tertiary/aromatic N) is 1. The van der Waals surface area contributed by atoms with Gasteiger partial charge < -0.3 is 14.7 Å². The van der Waals surface area contributed by atoms with Crippen molar-refractivity contribution >= 4 is 11.9 Å². The molecule has 1 aliphatic heterocycles. The molecule has 1 N–H and O–H groups in total. The molecule has 0 radical (unpaired) electrons. The van der Waals surface area contributed by atoms with E-state index in [1.54, 1.807) is 6.92 Å². The number of benzene rings is 1.